The Morgan fingerprint density at radius 2 is 2.09 bits per heavy atom. The average molecular weight is 485 g/mol. The zero-order chi connectivity index (χ0) is 25.3. The van der Waals surface area contributed by atoms with Gasteiger partial charge in [-0.2, -0.15) is 0 Å². The summed E-state index contributed by atoms with van der Waals surface area (Å²) in [6.07, 6.45) is 2.50. The highest BCUT2D eigenvalue weighted by Crippen LogP contribution is 2.40. The van der Waals surface area contributed by atoms with Crippen molar-refractivity contribution in [3.8, 4) is 5.75 Å². The van der Waals surface area contributed by atoms with E-state index in [0.29, 0.717) is 48.1 Å². The number of amides is 3. The average Bonchev–Trinajstić information content (AvgIpc) is 3.42. The summed E-state index contributed by atoms with van der Waals surface area (Å²) in [7, 11) is 1.57. The number of anilines is 1. The molecule has 1 aromatic carbocycles. The predicted molar refractivity (Wildman–Crippen MR) is 134 cm³/mol. The maximum Gasteiger partial charge on any atom is 0.273 e. The van der Waals surface area contributed by atoms with E-state index in [0.717, 1.165) is 24.8 Å². The van der Waals surface area contributed by atoms with Gasteiger partial charge in [-0.15, -0.1) is 0 Å². The molecule has 1 fully saturated rings. The van der Waals surface area contributed by atoms with Gasteiger partial charge in [0.15, 0.2) is 0 Å². The number of carbonyl (C=O) groups is 3. The Morgan fingerprint density at radius 1 is 1.31 bits per heavy atom. The molecule has 2 aliphatic heterocycles. The number of benzene rings is 1. The molecule has 3 amide bonds. The van der Waals surface area contributed by atoms with Gasteiger partial charge in [-0.1, -0.05) is 13.8 Å². The van der Waals surface area contributed by atoms with Crippen LogP contribution >= 0.6 is 0 Å². The van der Waals surface area contributed by atoms with Crippen LogP contribution in [0.4, 0.5) is 5.69 Å². The number of rotatable bonds is 8. The molecule has 0 saturated carbocycles. The summed E-state index contributed by atoms with van der Waals surface area (Å²) in [5.41, 5.74) is 0.452. The van der Waals surface area contributed by atoms with Crippen LogP contribution in [-0.4, -0.2) is 65.6 Å². The lowest BCUT2D eigenvalue weighted by Gasteiger charge is -2.45. The number of hydrogen-bond donors (Lipinski definition) is 2. The summed E-state index contributed by atoms with van der Waals surface area (Å²) in [4.78, 5) is 41.5. The largest absolute Gasteiger partial charge is 0.497 e. The summed E-state index contributed by atoms with van der Waals surface area (Å²) in [5.74, 6) is 0.305. The molecule has 0 spiro atoms. The predicted octanol–water partition coefficient (Wildman–Crippen LogP) is 3.16. The maximum absolute atomic E-state index is 14.1. The molecule has 3 heterocycles. The first-order valence-corrected chi connectivity index (χ1v) is 12.4. The lowest BCUT2D eigenvalue weighted by molar-refractivity contribution is -0.133. The molecule has 0 aliphatic carbocycles. The molecule has 9 nitrogen and oxygen atoms in total. The molecule has 2 atom stereocenters. The molecule has 2 N–H and O–H groups in total. The van der Waals surface area contributed by atoms with Crippen LogP contribution in [0.2, 0.25) is 0 Å². The first kappa shape index (κ1) is 25.0. The number of nitrogens with one attached hydrogen (secondary N) is 2. The minimum absolute atomic E-state index is 0.123. The van der Waals surface area contributed by atoms with Crippen LogP contribution in [0.1, 0.15) is 57.4 Å². The Bertz CT molecular complexity index is 1130. The van der Waals surface area contributed by atoms with E-state index in [1.165, 1.54) is 6.92 Å². The quantitative estimate of drug-likeness (QED) is 0.599. The third-order valence-corrected chi connectivity index (χ3v) is 6.99. The first-order valence-electron chi connectivity index (χ1n) is 12.4. The van der Waals surface area contributed by atoms with Gasteiger partial charge in [-0.3, -0.25) is 14.4 Å². The normalized spacial score (nSPS) is 21.9. The van der Waals surface area contributed by atoms with Gasteiger partial charge in [0.1, 0.15) is 17.0 Å². The highest BCUT2D eigenvalue weighted by molar-refractivity contribution is 6.14. The molecule has 2 aromatic rings. The lowest BCUT2D eigenvalue weighted by atomic mass is 9.93. The van der Waals surface area contributed by atoms with E-state index in [1.807, 2.05) is 29.7 Å². The zero-order valence-corrected chi connectivity index (χ0v) is 21.3. The van der Waals surface area contributed by atoms with Crippen molar-refractivity contribution in [2.24, 2.45) is 5.92 Å². The fourth-order valence-corrected chi connectivity index (χ4v) is 5.03. The number of ether oxygens (including phenoxy) is 2. The Labute approximate surface area is 206 Å². The third kappa shape index (κ3) is 4.74. The molecule has 1 aromatic heterocycles. The van der Waals surface area contributed by atoms with Crippen LogP contribution in [0.5, 0.6) is 5.75 Å². The van der Waals surface area contributed by atoms with Crippen LogP contribution in [0.15, 0.2) is 18.2 Å². The van der Waals surface area contributed by atoms with Gasteiger partial charge >= 0.3 is 0 Å². The summed E-state index contributed by atoms with van der Waals surface area (Å²) in [6, 6.07) is 5.49. The number of fused-ring (bicyclic) bond motifs is 3. The van der Waals surface area contributed by atoms with Crippen LogP contribution in [0, 0.1) is 5.92 Å². The van der Waals surface area contributed by atoms with Gasteiger partial charge in [-0.25, -0.2) is 0 Å². The van der Waals surface area contributed by atoms with Crippen molar-refractivity contribution in [3.05, 3.63) is 23.9 Å². The van der Waals surface area contributed by atoms with E-state index in [2.05, 4.69) is 24.5 Å². The van der Waals surface area contributed by atoms with Gasteiger partial charge in [0.25, 0.3) is 5.91 Å². The van der Waals surface area contributed by atoms with E-state index in [-0.39, 0.29) is 30.4 Å². The molecule has 2 aliphatic rings. The molecule has 35 heavy (non-hydrogen) atoms. The number of hydrogen-bond acceptors (Lipinski definition) is 5. The topological polar surface area (TPSA) is 102 Å². The van der Waals surface area contributed by atoms with E-state index in [1.54, 1.807) is 12.0 Å². The van der Waals surface area contributed by atoms with Crippen LogP contribution in [-0.2, 0) is 20.9 Å². The molecule has 190 valence electrons. The molecule has 1 saturated heterocycles. The second kappa shape index (κ2) is 9.89. The first-order chi connectivity index (χ1) is 16.7. The molecule has 9 heteroatoms. The van der Waals surface area contributed by atoms with Gasteiger partial charge < -0.3 is 29.6 Å². The fourth-order valence-electron chi connectivity index (χ4n) is 5.03. The van der Waals surface area contributed by atoms with Crippen molar-refractivity contribution >= 4 is 34.3 Å². The van der Waals surface area contributed by atoms with Gasteiger partial charge in [0.05, 0.1) is 31.0 Å². The van der Waals surface area contributed by atoms with Crippen molar-refractivity contribution in [1.29, 1.82) is 0 Å². The van der Waals surface area contributed by atoms with Crippen molar-refractivity contribution < 1.29 is 23.9 Å². The highest BCUT2D eigenvalue weighted by Gasteiger charge is 2.49. The SMILES string of the molecule is COc1ccc2c(c1)c(NC(C)=O)c1n2C[C@](C)(C(=O)NCCC(C)C)N(C[C@@H]2CCCO2)C1=O. The van der Waals surface area contributed by atoms with Crippen molar-refractivity contribution in [1.82, 2.24) is 14.8 Å². The van der Waals surface area contributed by atoms with Gasteiger partial charge in [0.2, 0.25) is 11.8 Å². The van der Waals surface area contributed by atoms with Crippen molar-refractivity contribution in [3.63, 3.8) is 0 Å². The third-order valence-electron chi connectivity index (χ3n) is 6.99. The fraction of sp³-hybridized carbons (Fsp3) is 0.577. The van der Waals surface area contributed by atoms with Crippen LogP contribution in [0.25, 0.3) is 10.9 Å². The van der Waals surface area contributed by atoms with E-state index in [9.17, 15) is 14.4 Å². The summed E-state index contributed by atoms with van der Waals surface area (Å²) in [6.45, 7) is 9.23. The number of methoxy groups -OCH3 is 1. The number of aromatic nitrogens is 1. The molecule has 0 bridgehead atoms. The second-order valence-corrected chi connectivity index (χ2v) is 10.1. The van der Waals surface area contributed by atoms with Crippen molar-refractivity contribution in [2.75, 3.05) is 32.1 Å². The molecule has 4 rings (SSSR count). The van der Waals surface area contributed by atoms with E-state index in [4.69, 9.17) is 9.47 Å². The zero-order valence-electron chi connectivity index (χ0n) is 21.3. The minimum Gasteiger partial charge on any atom is -0.497 e. The Morgan fingerprint density at radius 3 is 2.71 bits per heavy atom. The van der Waals surface area contributed by atoms with E-state index < -0.39 is 5.54 Å². The monoisotopic (exact) mass is 484 g/mol. The Hall–Kier alpha value is -3.07. The Kier molecular flexibility index (Phi) is 7.07. The van der Waals surface area contributed by atoms with Crippen LogP contribution < -0.4 is 15.4 Å². The Balaban J connectivity index is 1.82. The van der Waals surface area contributed by atoms with Crippen LogP contribution in [0.3, 0.4) is 0 Å². The summed E-state index contributed by atoms with van der Waals surface area (Å²) < 4.78 is 13.1. The van der Waals surface area contributed by atoms with Gasteiger partial charge in [-0.05, 0) is 50.3 Å². The van der Waals surface area contributed by atoms with Gasteiger partial charge in [0, 0.05) is 32.0 Å². The molecular weight excluding hydrogens is 448 g/mol. The minimum atomic E-state index is -1.12. The summed E-state index contributed by atoms with van der Waals surface area (Å²) in [5, 5.41) is 6.62. The number of nitrogens with zero attached hydrogens (tertiary/aromatic N) is 2. The lowest BCUT2D eigenvalue weighted by Crippen LogP contribution is -2.65. The second-order valence-electron chi connectivity index (χ2n) is 10.1. The highest BCUT2D eigenvalue weighted by atomic mass is 16.5. The van der Waals surface area contributed by atoms with E-state index >= 15 is 0 Å². The standard InChI is InChI=1S/C26H36N4O5/c1-16(2)10-11-27-25(33)26(4)15-29-21-9-8-18(34-5)13-20(21)22(28-17(3)31)23(29)24(32)30(26)14-19-7-6-12-35-19/h8-9,13,16,19H,6-7,10-12,14-15H2,1-5H3,(H,27,33)(H,28,31)/t19-,26+/m0/s1. The smallest absolute Gasteiger partial charge is 0.273 e. The summed E-state index contributed by atoms with van der Waals surface area (Å²) >= 11 is 0. The molecular formula is C26H36N4O5. The molecule has 0 radical (unpaired) electrons. The number of carbonyl (C=O) groups excluding carboxylic acids is 3. The molecule has 0 unspecified atom stereocenters. The van der Waals surface area contributed by atoms with Crippen molar-refractivity contribution in [2.45, 2.75) is 65.1 Å². The maximum atomic E-state index is 14.1.